The summed E-state index contributed by atoms with van der Waals surface area (Å²) in [5, 5.41) is 0.629. The molecule has 66 valence electrons. The molecule has 2 nitrogen and oxygen atoms in total. The Morgan fingerprint density at radius 1 is 1.58 bits per heavy atom. The Kier molecular flexibility index (Phi) is 3.12. The first kappa shape index (κ1) is 9.55. The van der Waals surface area contributed by atoms with Gasteiger partial charge in [-0.15, -0.1) is 0 Å². The first-order valence-electron chi connectivity index (χ1n) is 3.43. The van der Waals surface area contributed by atoms with Gasteiger partial charge < -0.3 is 5.73 Å². The second-order valence-electron chi connectivity index (χ2n) is 2.56. The Bertz CT molecular complexity index is 314. The van der Waals surface area contributed by atoms with E-state index in [0.29, 0.717) is 16.5 Å². The summed E-state index contributed by atoms with van der Waals surface area (Å²) < 4.78 is 10.9. The molecule has 0 spiro atoms. The fourth-order valence-electron chi connectivity index (χ4n) is 0.918. The van der Waals surface area contributed by atoms with E-state index < -0.39 is 10.8 Å². The minimum atomic E-state index is -0.874. The number of nitrogens with two attached hydrogens (primary N) is 1. The number of benzene rings is 1. The fraction of sp³-hybridized carbons (Fsp3) is 0.250. The maximum absolute atomic E-state index is 10.9. The molecule has 1 rings (SSSR count). The van der Waals surface area contributed by atoms with Crippen molar-refractivity contribution in [1.82, 2.24) is 0 Å². The first-order valence-corrected chi connectivity index (χ1v) is 5.54. The molecule has 1 unspecified atom stereocenters. The fourth-order valence-corrected chi connectivity index (χ4v) is 1.80. The van der Waals surface area contributed by atoms with Gasteiger partial charge in [0.2, 0.25) is 0 Å². The van der Waals surface area contributed by atoms with Crippen LogP contribution in [0.5, 0.6) is 0 Å². The van der Waals surface area contributed by atoms with E-state index in [1.807, 2.05) is 0 Å². The molecular weight excluding hydrogens is 194 g/mol. The van der Waals surface area contributed by atoms with Crippen molar-refractivity contribution in [1.29, 1.82) is 0 Å². The molecule has 0 bridgehead atoms. The van der Waals surface area contributed by atoms with Crippen molar-refractivity contribution in [2.45, 2.75) is 5.75 Å². The molecule has 1 aromatic rings. The number of halogens is 1. The van der Waals surface area contributed by atoms with Crippen molar-refractivity contribution in [3.8, 4) is 0 Å². The predicted molar refractivity (Wildman–Crippen MR) is 53.6 cm³/mol. The van der Waals surface area contributed by atoms with Gasteiger partial charge in [-0.25, -0.2) is 0 Å². The van der Waals surface area contributed by atoms with Crippen molar-refractivity contribution >= 4 is 28.1 Å². The van der Waals surface area contributed by atoms with Gasteiger partial charge >= 0.3 is 0 Å². The highest BCUT2D eigenvalue weighted by Crippen LogP contribution is 2.18. The Labute approximate surface area is 79.2 Å². The number of anilines is 1. The van der Waals surface area contributed by atoms with Crippen LogP contribution in [0, 0.1) is 0 Å². The van der Waals surface area contributed by atoms with Crippen LogP contribution in [0.1, 0.15) is 5.56 Å². The Morgan fingerprint density at radius 2 is 2.25 bits per heavy atom. The smallest absolute Gasteiger partial charge is 0.0503 e. The van der Waals surface area contributed by atoms with Gasteiger partial charge in [-0.2, -0.15) is 0 Å². The number of hydrogen-bond donors (Lipinski definition) is 1. The predicted octanol–water partition coefficient (Wildman–Crippen LogP) is 1.80. The van der Waals surface area contributed by atoms with Crippen molar-refractivity contribution < 1.29 is 4.21 Å². The molecule has 0 saturated carbocycles. The molecule has 0 heterocycles. The summed E-state index contributed by atoms with van der Waals surface area (Å²) in [6.45, 7) is 0. The summed E-state index contributed by atoms with van der Waals surface area (Å²) in [6.07, 6.45) is 1.64. The summed E-state index contributed by atoms with van der Waals surface area (Å²) in [4.78, 5) is 0. The highest BCUT2D eigenvalue weighted by molar-refractivity contribution is 7.83. The minimum Gasteiger partial charge on any atom is -0.398 e. The van der Waals surface area contributed by atoms with E-state index >= 15 is 0 Å². The molecule has 12 heavy (non-hydrogen) atoms. The van der Waals surface area contributed by atoms with Crippen LogP contribution in [0.25, 0.3) is 0 Å². The van der Waals surface area contributed by atoms with Crippen LogP contribution in [0.4, 0.5) is 5.69 Å². The van der Waals surface area contributed by atoms with Gasteiger partial charge in [0.1, 0.15) is 0 Å². The zero-order chi connectivity index (χ0) is 9.14. The lowest BCUT2D eigenvalue weighted by molar-refractivity contribution is 0.686. The Hall–Kier alpha value is -0.540. The zero-order valence-electron chi connectivity index (χ0n) is 6.71. The van der Waals surface area contributed by atoms with Gasteiger partial charge in [-0.05, 0) is 23.8 Å². The Morgan fingerprint density at radius 3 is 2.83 bits per heavy atom. The minimum absolute atomic E-state index is 0.465. The Balaban J connectivity index is 2.97. The summed E-state index contributed by atoms with van der Waals surface area (Å²) in [5.41, 5.74) is 7.14. The third-order valence-electron chi connectivity index (χ3n) is 1.46. The molecule has 2 N–H and O–H groups in total. The third-order valence-corrected chi connectivity index (χ3v) is 2.42. The van der Waals surface area contributed by atoms with Crippen LogP contribution in [0.3, 0.4) is 0 Å². The van der Waals surface area contributed by atoms with Crippen LogP contribution in [0.2, 0.25) is 5.02 Å². The van der Waals surface area contributed by atoms with E-state index in [9.17, 15) is 4.21 Å². The molecular formula is C8H10ClNOS. The summed E-state index contributed by atoms with van der Waals surface area (Å²) in [7, 11) is -0.874. The molecule has 1 aromatic carbocycles. The topological polar surface area (TPSA) is 43.1 Å². The van der Waals surface area contributed by atoms with Gasteiger partial charge in [0.05, 0.1) is 5.75 Å². The van der Waals surface area contributed by atoms with Gasteiger partial charge in [0.25, 0.3) is 0 Å². The van der Waals surface area contributed by atoms with Gasteiger partial charge in [-0.3, -0.25) is 4.21 Å². The first-order chi connectivity index (χ1) is 5.59. The number of nitrogen functional groups attached to an aromatic ring is 1. The molecule has 0 radical (unpaired) electrons. The number of hydrogen-bond acceptors (Lipinski definition) is 2. The molecule has 0 aliphatic rings. The second-order valence-corrected chi connectivity index (χ2v) is 4.43. The zero-order valence-corrected chi connectivity index (χ0v) is 8.28. The van der Waals surface area contributed by atoms with Crippen LogP contribution >= 0.6 is 11.6 Å². The molecule has 0 saturated heterocycles. The maximum Gasteiger partial charge on any atom is 0.0503 e. The molecule has 0 fully saturated rings. The summed E-state index contributed by atoms with van der Waals surface area (Å²) in [6, 6.07) is 5.20. The van der Waals surface area contributed by atoms with Crippen LogP contribution in [-0.4, -0.2) is 10.5 Å². The van der Waals surface area contributed by atoms with Crippen LogP contribution in [-0.2, 0) is 16.6 Å². The third kappa shape index (κ3) is 2.50. The summed E-state index contributed by atoms with van der Waals surface area (Å²) in [5.74, 6) is 0.465. The maximum atomic E-state index is 10.9. The van der Waals surface area contributed by atoms with E-state index in [-0.39, 0.29) is 0 Å². The number of rotatable bonds is 2. The molecule has 0 aliphatic heterocycles. The largest absolute Gasteiger partial charge is 0.398 e. The van der Waals surface area contributed by atoms with E-state index in [2.05, 4.69) is 0 Å². The standard InChI is InChI=1S/C8H10ClNOS/c1-12(11)5-6-4-7(9)2-3-8(6)10/h2-4H,5,10H2,1H3. The van der Waals surface area contributed by atoms with Crippen LogP contribution < -0.4 is 5.73 Å². The van der Waals surface area contributed by atoms with E-state index in [0.717, 1.165) is 5.56 Å². The monoisotopic (exact) mass is 203 g/mol. The molecule has 4 heteroatoms. The lowest BCUT2D eigenvalue weighted by Gasteiger charge is -2.03. The molecule has 0 aliphatic carbocycles. The van der Waals surface area contributed by atoms with Crippen molar-refractivity contribution in [2.24, 2.45) is 0 Å². The average molecular weight is 204 g/mol. The van der Waals surface area contributed by atoms with E-state index in [4.69, 9.17) is 17.3 Å². The molecule has 1 atom stereocenters. The lowest BCUT2D eigenvalue weighted by atomic mass is 10.2. The van der Waals surface area contributed by atoms with Crippen molar-refractivity contribution in [3.05, 3.63) is 28.8 Å². The molecule has 0 amide bonds. The molecule has 0 aromatic heterocycles. The van der Waals surface area contributed by atoms with Gasteiger partial charge in [0, 0.05) is 27.8 Å². The van der Waals surface area contributed by atoms with E-state index in [1.165, 1.54) is 0 Å². The lowest BCUT2D eigenvalue weighted by Crippen LogP contribution is -1.97. The van der Waals surface area contributed by atoms with Gasteiger partial charge in [-0.1, -0.05) is 11.6 Å². The highest BCUT2D eigenvalue weighted by atomic mass is 35.5. The van der Waals surface area contributed by atoms with Gasteiger partial charge in [0.15, 0.2) is 0 Å². The average Bonchev–Trinajstić information content (AvgIpc) is 1.96. The van der Waals surface area contributed by atoms with Crippen molar-refractivity contribution in [2.75, 3.05) is 12.0 Å². The van der Waals surface area contributed by atoms with E-state index in [1.54, 1.807) is 24.5 Å². The summed E-state index contributed by atoms with van der Waals surface area (Å²) >= 11 is 5.75. The quantitative estimate of drug-likeness (QED) is 0.745. The second kappa shape index (κ2) is 3.92. The normalized spacial score (nSPS) is 12.8. The van der Waals surface area contributed by atoms with Crippen molar-refractivity contribution in [3.63, 3.8) is 0 Å². The highest BCUT2D eigenvalue weighted by Gasteiger charge is 2.01. The SMILES string of the molecule is CS(=O)Cc1cc(Cl)ccc1N. The van der Waals surface area contributed by atoms with Crippen LogP contribution in [0.15, 0.2) is 18.2 Å².